The summed E-state index contributed by atoms with van der Waals surface area (Å²) in [5.41, 5.74) is 3.34. The molecule has 0 bridgehead atoms. The number of halogens is 1. The van der Waals surface area contributed by atoms with Crippen molar-refractivity contribution < 1.29 is 0 Å². The van der Waals surface area contributed by atoms with E-state index in [1.807, 2.05) is 27.0 Å². The summed E-state index contributed by atoms with van der Waals surface area (Å²) in [5, 5.41) is 0.00981. The monoisotopic (exact) mass is 169 g/mol. The molecule has 0 amide bonds. The Bertz CT molecular complexity index is 256. The molecule has 0 aliphatic rings. The molecule has 1 aromatic heterocycles. The molecule has 2 heteroatoms. The van der Waals surface area contributed by atoms with Gasteiger partial charge in [0.15, 0.2) is 0 Å². The molecule has 1 unspecified atom stereocenters. The standard InChI is InChI=1S/C9H12ClN/c1-6-4-7(2)9(8(3)10)11-5-6/h4-5,8H,1-3H3. The predicted molar refractivity (Wildman–Crippen MR) is 48.0 cm³/mol. The van der Waals surface area contributed by atoms with Crippen molar-refractivity contribution in [2.24, 2.45) is 0 Å². The van der Waals surface area contributed by atoms with Crippen LogP contribution in [0, 0.1) is 13.8 Å². The number of hydrogen-bond acceptors (Lipinski definition) is 1. The van der Waals surface area contributed by atoms with E-state index >= 15 is 0 Å². The Morgan fingerprint density at radius 3 is 2.55 bits per heavy atom. The van der Waals surface area contributed by atoms with Gasteiger partial charge in [0.2, 0.25) is 0 Å². The zero-order valence-corrected chi connectivity index (χ0v) is 7.81. The Morgan fingerprint density at radius 2 is 2.09 bits per heavy atom. The van der Waals surface area contributed by atoms with Gasteiger partial charge in [0, 0.05) is 6.20 Å². The highest BCUT2D eigenvalue weighted by Crippen LogP contribution is 2.20. The Kier molecular flexibility index (Phi) is 2.50. The van der Waals surface area contributed by atoms with Gasteiger partial charge in [-0.15, -0.1) is 11.6 Å². The first-order valence-electron chi connectivity index (χ1n) is 3.68. The van der Waals surface area contributed by atoms with Gasteiger partial charge in [-0.2, -0.15) is 0 Å². The van der Waals surface area contributed by atoms with Gasteiger partial charge >= 0.3 is 0 Å². The first-order valence-corrected chi connectivity index (χ1v) is 4.12. The van der Waals surface area contributed by atoms with E-state index in [2.05, 4.69) is 11.1 Å². The topological polar surface area (TPSA) is 12.9 Å². The Hall–Kier alpha value is -0.560. The van der Waals surface area contributed by atoms with Gasteiger partial charge in [0.05, 0.1) is 11.1 Å². The smallest absolute Gasteiger partial charge is 0.0732 e. The number of rotatable bonds is 1. The maximum Gasteiger partial charge on any atom is 0.0732 e. The summed E-state index contributed by atoms with van der Waals surface area (Å²) in [7, 11) is 0. The summed E-state index contributed by atoms with van der Waals surface area (Å²) in [5.74, 6) is 0. The van der Waals surface area contributed by atoms with Crippen LogP contribution in [0.25, 0.3) is 0 Å². The van der Waals surface area contributed by atoms with Crippen LogP contribution in [0.1, 0.15) is 29.1 Å². The molecular weight excluding hydrogens is 158 g/mol. The molecule has 1 nitrogen and oxygen atoms in total. The molecule has 1 aromatic rings. The Balaban J connectivity index is 3.09. The average Bonchev–Trinajstić information content (AvgIpc) is 1.85. The third-order valence-electron chi connectivity index (χ3n) is 1.63. The fourth-order valence-electron chi connectivity index (χ4n) is 1.14. The third-order valence-corrected chi connectivity index (χ3v) is 1.84. The Labute approximate surface area is 72.4 Å². The van der Waals surface area contributed by atoms with E-state index in [0.29, 0.717) is 0 Å². The highest BCUT2D eigenvalue weighted by Gasteiger charge is 2.05. The van der Waals surface area contributed by atoms with Gasteiger partial charge in [-0.3, -0.25) is 4.98 Å². The van der Waals surface area contributed by atoms with Crippen molar-refractivity contribution in [1.29, 1.82) is 0 Å². The van der Waals surface area contributed by atoms with Crippen molar-refractivity contribution in [2.75, 3.05) is 0 Å². The fourth-order valence-corrected chi connectivity index (χ4v) is 1.37. The van der Waals surface area contributed by atoms with Crippen LogP contribution in [-0.4, -0.2) is 4.98 Å². The van der Waals surface area contributed by atoms with Crippen LogP contribution in [0.4, 0.5) is 0 Å². The van der Waals surface area contributed by atoms with Crippen LogP contribution in [0.2, 0.25) is 0 Å². The molecule has 1 rings (SSSR count). The predicted octanol–water partition coefficient (Wildman–Crippen LogP) is 3.00. The van der Waals surface area contributed by atoms with Crippen LogP contribution in [-0.2, 0) is 0 Å². The third kappa shape index (κ3) is 1.93. The molecule has 0 saturated heterocycles. The maximum atomic E-state index is 5.90. The maximum absolute atomic E-state index is 5.90. The molecule has 0 aliphatic heterocycles. The lowest BCUT2D eigenvalue weighted by atomic mass is 10.1. The van der Waals surface area contributed by atoms with Crippen LogP contribution in [0.15, 0.2) is 12.3 Å². The van der Waals surface area contributed by atoms with E-state index in [4.69, 9.17) is 11.6 Å². The van der Waals surface area contributed by atoms with Gasteiger partial charge in [0.25, 0.3) is 0 Å². The minimum Gasteiger partial charge on any atom is -0.259 e. The highest BCUT2D eigenvalue weighted by atomic mass is 35.5. The van der Waals surface area contributed by atoms with E-state index < -0.39 is 0 Å². The first-order chi connectivity index (χ1) is 5.11. The summed E-state index contributed by atoms with van der Waals surface area (Å²) in [4.78, 5) is 4.25. The molecule has 0 aliphatic carbocycles. The lowest BCUT2D eigenvalue weighted by Crippen LogP contribution is -1.94. The fraction of sp³-hybridized carbons (Fsp3) is 0.444. The minimum atomic E-state index is 0.00981. The lowest BCUT2D eigenvalue weighted by molar-refractivity contribution is 0.965. The van der Waals surface area contributed by atoms with Crippen molar-refractivity contribution in [3.63, 3.8) is 0 Å². The quantitative estimate of drug-likeness (QED) is 0.589. The van der Waals surface area contributed by atoms with Crippen LogP contribution in [0.5, 0.6) is 0 Å². The normalized spacial score (nSPS) is 13.1. The van der Waals surface area contributed by atoms with Crippen molar-refractivity contribution in [3.8, 4) is 0 Å². The van der Waals surface area contributed by atoms with Crippen molar-refractivity contribution in [1.82, 2.24) is 4.98 Å². The summed E-state index contributed by atoms with van der Waals surface area (Å²) in [6.07, 6.45) is 1.85. The highest BCUT2D eigenvalue weighted by molar-refractivity contribution is 6.20. The molecular formula is C9H12ClN. The number of aromatic nitrogens is 1. The molecule has 0 N–H and O–H groups in total. The minimum absolute atomic E-state index is 0.00981. The second-order valence-electron chi connectivity index (χ2n) is 2.83. The van der Waals surface area contributed by atoms with E-state index in [9.17, 15) is 0 Å². The number of nitrogens with zero attached hydrogens (tertiary/aromatic N) is 1. The number of aryl methyl sites for hydroxylation is 2. The second-order valence-corrected chi connectivity index (χ2v) is 3.49. The number of alkyl halides is 1. The van der Waals surface area contributed by atoms with Crippen molar-refractivity contribution in [2.45, 2.75) is 26.1 Å². The van der Waals surface area contributed by atoms with E-state index in [-0.39, 0.29) is 5.38 Å². The molecule has 0 saturated carbocycles. The molecule has 1 atom stereocenters. The van der Waals surface area contributed by atoms with Crippen molar-refractivity contribution in [3.05, 3.63) is 29.1 Å². The zero-order valence-electron chi connectivity index (χ0n) is 7.06. The lowest BCUT2D eigenvalue weighted by Gasteiger charge is -2.06. The molecule has 1 heterocycles. The summed E-state index contributed by atoms with van der Waals surface area (Å²) in [6.45, 7) is 6.00. The second kappa shape index (κ2) is 3.22. The number of pyridine rings is 1. The van der Waals surface area contributed by atoms with Crippen LogP contribution in [0.3, 0.4) is 0 Å². The van der Waals surface area contributed by atoms with Gasteiger partial charge in [-0.1, -0.05) is 6.07 Å². The van der Waals surface area contributed by atoms with Gasteiger partial charge < -0.3 is 0 Å². The largest absolute Gasteiger partial charge is 0.259 e. The summed E-state index contributed by atoms with van der Waals surface area (Å²) >= 11 is 5.90. The first kappa shape index (κ1) is 8.54. The molecule has 0 aromatic carbocycles. The SMILES string of the molecule is Cc1cnc(C(C)Cl)c(C)c1. The summed E-state index contributed by atoms with van der Waals surface area (Å²) < 4.78 is 0. The number of hydrogen-bond donors (Lipinski definition) is 0. The summed E-state index contributed by atoms with van der Waals surface area (Å²) in [6, 6.07) is 2.10. The average molecular weight is 170 g/mol. The molecule has 60 valence electrons. The van der Waals surface area contributed by atoms with Gasteiger partial charge in [-0.25, -0.2) is 0 Å². The van der Waals surface area contributed by atoms with E-state index in [1.165, 1.54) is 11.1 Å². The molecule has 0 fully saturated rings. The van der Waals surface area contributed by atoms with Gasteiger partial charge in [0.1, 0.15) is 0 Å². The van der Waals surface area contributed by atoms with Crippen LogP contribution < -0.4 is 0 Å². The molecule has 11 heavy (non-hydrogen) atoms. The molecule has 0 radical (unpaired) electrons. The van der Waals surface area contributed by atoms with Crippen molar-refractivity contribution >= 4 is 11.6 Å². The van der Waals surface area contributed by atoms with E-state index in [1.54, 1.807) is 0 Å². The Morgan fingerprint density at radius 1 is 1.45 bits per heavy atom. The van der Waals surface area contributed by atoms with Gasteiger partial charge in [-0.05, 0) is 31.9 Å². The molecule has 0 spiro atoms. The zero-order chi connectivity index (χ0) is 8.43. The van der Waals surface area contributed by atoms with E-state index in [0.717, 1.165) is 5.69 Å². The van der Waals surface area contributed by atoms with Crippen LogP contribution >= 0.6 is 11.6 Å².